The minimum absolute atomic E-state index is 0.0371. The molecule has 1 nitrogen and oxygen atoms in total. The topological polar surface area (TPSA) is 9.23 Å². The van der Waals surface area contributed by atoms with Crippen molar-refractivity contribution in [2.45, 2.75) is 6.61 Å². The van der Waals surface area contributed by atoms with Gasteiger partial charge in [-0.3, -0.25) is 0 Å². The van der Waals surface area contributed by atoms with E-state index in [2.05, 4.69) is 15.9 Å². The fraction of sp³-hybridized carbons (Fsp3) is 0.0769. The van der Waals surface area contributed by atoms with Crippen LogP contribution in [0.5, 0.6) is 5.75 Å². The highest BCUT2D eigenvalue weighted by Gasteiger charge is 2.11. The molecule has 0 spiro atoms. The predicted octanol–water partition coefficient (Wildman–Crippen LogP) is 4.45. The molecular formula is C13H8BrF3O. The summed E-state index contributed by atoms with van der Waals surface area (Å²) in [7, 11) is 0. The Labute approximate surface area is 110 Å². The highest BCUT2D eigenvalue weighted by atomic mass is 79.9. The molecular weight excluding hydrogens is 309 g/mol. The molecule has 2 aromatic rings. The monoisotopic (exact) mass is 316 g/mol. The zero-order chi connectivity index (χ0) is 13.1. The van der Waals surface area contributed by atoms with E-state index in [1.807, 2.05) is 0 Å². The molecule has 0 atom stereocenters. The Morgan fingerprint density at radius 1 is 1.06 bits per heavy atom. The van der Waals surface area contributed by atoms with E-state index in [1.165, 1.54) is 24.3 Å². The Kier molecular flexibility index (Phi) is 3.91. The van der Waals surface area contributed by atoms with Gasteiger partial charge in [0, 0.05) is 4.47 Å². The van der Waals surface area contributed by atoms with Crippen molar-refractivity contribution in [2.75, 3.05) is 0 Å². The number of rotatable bonds is 3. The van der Waals surface area contributed by atoms with E-state index < -0.39 is 17.5 Å². The van der Waals surface area contributed by atoms with Crippen LogP contribution in [0.1, 0.15) is 5.56 Å². The normalized spacial score (nSPS) is 10.4. The summed E-state index contributed by atoms with van der Waals surface area (Å²) in [5.41, 5.74) is 0.537. The average molecular weight is 317 g/mol. The Hall–Kier alpha value is -1.49. The molecule has 0 radical (unpaired) electrons. The van der Waals surface area contributed by atoms with Crippen molar-refractivity contribution in [3.05, 3.63) is 63.9 Å². The van der Waals surface area contributed by atoms with Crippen molar-refractivity contribution in [1.82, 2.24) is 0 Å². The number of benzene rings is 2. The fourth-order valence-electron chi connectivity index (χ4n) is 1.43. The molecule has 94 valence electrons. The quantitative estimate of drug-likeness (QED) is 0.760. The van der Waals surface area contributed by atoms with Crippen LogP contribution in [0.15, 0.2) is 40.9 Å². The first-order valence-electron chi connectivity index (χ1n) is 5.08. The van der Waals surface area contributed by atoms with Crippen LogP contribution in [-0.2, 0) is 6.61 Å². The van der Waals surface area contributed by atoms with Crippen LogP contribution in [0.25, 0.3) is 0 Å². The minimum Gasteiger partial charge on any atom is -0.486 e. The lowest BCUT2D eigenvalue weighted by Gasteiger charge is -2.08. The molecule has 0 aromatic heterocycles. The van der Waals surface area contributed by atoms with Gasteiger partial charge in [0.05, 0.1) is 0 Å². The van der Waals surface area contributed by atoms with Crippen LogP contribution in [0.2, 0.25) is 0 Å². The van der Waals surface area contributed by atoms with Gasteiger partial charge in [0.2, 0.25) is 5.82 Å². The lowest BCUT2D eigenvalue weighted by Crippen LogP contribution is -1.99. The van der Waals surface area contributed by atoms with E-state index in [-0.39, 0.29) is 12.4 Å². The number of hydrogen-bond acceptors (Lipinski definition) is 1. The number of hydrogen-bond donors (Lipinski definition) is 0. The smallest absolute Gasteiger partial charge is 0.200 e. The van der Waals surface area contributed by atoms with Gasteiger partial charge in [0.1, 0.15) is 12.4 Å². The van der Waals surface area contributed by atoms with E-state index in [1.54, 1.807) is 6.07 Å². The molecule has 0 unspecified atom stereocenters. The molecule has 2 rings (SSSR count). The molecule has 5 heteroatoms. The molecule has 0 aliphatic carbocycles. The zero-order valence-electron chi connectivity index (χ0n) is 9.09. The summed E-state index contributed by atoms with van der Waals surface area (Å²) in [5.74, 6) is -2.68. The van der Waals surface area contributed by atoms with Crippen LogP contribution in [0.4, 0.5) is 13.2 Å². The van der Waals surface area contributed by atoms with Gasteiger partial charge in [-0.1, -0.05) is 28.1 Å². The van der Waals surface area contributed by atoms with E-state index in [0.29, 0.717) is 10.0 Å². The van der Waals surface area contributed by atoms with E-state index >= 15 is 0 Å². The SMILES string of the molecule is Fc1cccc(COc2cc(Br)cc(F)c2F)c1. The maximum absolute atomic E-state index is 13.4. The van der Waals surface area contributed by atoms with E-state index in [0.717, 1.165) is 6.07 Å². The fourth-order valence-corrected chi connectivity index (χ4v) is 1.83. The van der Waals surface area contributed by atoms with Crippen molar-refractivity contribution in [2.24, 2.45) is 0 Å². The van der Waals surface area contributed by atoms with Crippen molar-refractivity contribution < 1.29 is 17.9 Å². The molecule has 0 heterocycles. The third-order valence-electron chi connectivity index (χ3n) is 2.24. The largest absolute Gasteiger partial charge is 0.486 e. The highest BCUT2D eigenvalue weighted by molar-refractivity contribution is 9.10. The van der Waals surface area contributed by atoms with Crippen molar-refractivity contribution in [3.8, 4) is 5.75 Å². The third-order valence-corrected chi connectivity index (χ3v) is 2.70. The Morgan fingerprint density at radius 2 is 1.83 bits per heavy atom. The van der Waals surface area contributed by atoms with Gasteiger partial charge in [-0.2, -0.15) is 4.39 Å². The second-order valence-electron chi connectivity index (χ2n) is 3.62. The highest BCUT2D eigenvalue weighted by Crippen LogP contribution is 2.26. The van der Waals surface area contributed by atoms with Gasteiger partial charge in [-0.15, -0.1) is 0 Å². The summed E-state index contributed by atoms with van der Waals surface area (Å²) in [6, 6.07) is 8.04. The third kappa shape index (κ3) is 3.04. The van der Waals surface area contributed by atoms with Crippen LogP contribution in [-0.4, -0.2) is 0 Å². The van der Waals surface area contributed by atoms with Gasteiger partial charge in [-0.25, -0.2) is 8.78 Å². The molecule has 0 fully saturated rings. The number of ether oxygens (including phenoxy) is 1. The van der Waals surface area contributed by atoms with Crippen LogP contribution in [0.3, 0.4) is 0 Å². The maximum atomic E-state index is 13.4. The molecule has 0 aliphatic heterocycles. The van der Waals surface area contributed by atoms with Crippen molar-refractivity contribution >= 4 is 15.9 Å². The van der Waals surface area contributed by atoms with E-state index in [4.69, 9.17) is 4.74 Å². The Bertz CT molecular complexity index is 572. The molecule has 0 N–H and O–H groups in total. The van der Waals surface area contributed by atoms with Crippen LogP contribution >= 0.6 is 15.9 Å². The first kappa shape index (κ1) is 13.0. The standard InChI is InChI=1S/C13H8BrF3O/c14-9-5-11(16)13(17)12(6-9)18-7-8-2-1-3-10(15)4-8/h1-6H,7H2. The minimum atomic E-state index is -1.06. The van der Waals surface area contributed by atoms with Gasteiger partial charge in [-0.05, 0) is 29.8 Å². The maximum Gasteiger partial charge on any atom is 0.200 e. The molecule has 0 aliphatic rings. The van der Waals surface area contributed by atoms with Crippen LogP contribution < -0.4 is 4.74 Å². The summed E-state index contributed by atoms with van der Waals surface area (Å²) in [6.07, 6.45) is 0. The Balaban J connectivity index is 2.15. The average Bonchev–Trinajstić information content (AvgIpc) is 2.32. The number of halogens is 4. The summed E-state index contributed by atoms with van der Waals surface area (Å²) in [4.78, 5) is 0. The molecule has 0 saturated carbocycles. The first-order valence-corrected chi connectivity index (χ1v) is 5.87. The van der Waals surface area contributed by atoms with Crippen molar-refractivity contribution in [1.29, 1.82) is 0 Å². The van der Waals surface area contributed by atoms with E-state index in [9.17, 15) is 13.2 Å². The van der Waals surface area contributed by atoms with Crippen molar-refractivity contribution in [3.63, 3.8) is 0 Å². The summed E-state index contributed by atoms with van der Waals surface area (Å²) in [6.45, 7) is -0.0371. The zero-order valence-corrected chi connectivity index (χ0v) is 10.7. The van der Waals surface area contributed by atoms with Gasteiger partial charge >= 0.3 is 0 Å². The van der Waals surface area contributed by atoms with Gasteiger partial charge in [0.15, 0.2) is 11.6 Å². The summed E-state index contributed by atoms with van der Waals surface area (Å²) in [5, 5.41) is 0. The molecule has 2 aromatic carbocycles. The van der Waals surface area contributed by atoms with Gasteiger partial charge < -0.3 is 4.74 Å². The lowest BCUT2D eigenvalue weighted by molar-refractivity contribution is 0.284. The predicted molar refractivity (Wildman–Crippen MR) is 64.8 cm³/mol. The molecule has 0 amide bonds. The van der Waals surface area contributed by atoms with Crippen LogP contribution in [0, 0.1) is 17.5 Å². The molecule has 0 bridgehead atoms. The first-order chi connectivity index (χ1) is 8.56. The second kappa shape index (κ2) is 5.44. The van der Waals surface area contributed by atoms with Gasteiger partial charge in [0.25, 0.3) is 0 Å². The lowest BCUT2D eigenvalue weighted by atomic mass is 10.2. The second-order valence-corrected chi connectivity index (χ2v) is 4.53. The summed E-state index contributed by atoms with van der Waals surface area (Å²) < 4.78 is 44.9. The Morgan fingerprint density at radius 3 is 2.56 bits per heavy atom. The summed E-state index contributed by atoms with van der Waals surface area (Å²) >= 11 is 3.04. The molecule has 18 heavy (non-hydrogen) atoms. The molecule has 0 saturated heterocycles.